The maximum Gasteiger partial charge on any atom is 0.205 e. The second-order valence-electron chi connectivity index (χ2n) is 13.6. The van der Waals surface area contributed by atoms with Gasteiger partial charge < -0.3 is 61.9 Å². The number of rotatable bonds is 13. The van der Waals surface area contributed by atoms with Gasteiger partial charge in [0.1, 0.15) is 42.7 Å². The molecule has 4 saturated heterocycles. The predicted octanol–water partition coefficient (Wildman–Crippen LogP) is 3.10. The van der Waals surface area contributed by atoms with E-state index in [1.807, 2.05) is 78.8 Å². The van der Waals surface area contributed by atoms with Crippen molar-refractivity contribution in [2.75, 3.05) is 34.5 Å². The monoisotopic (exact) mass is 656 g/mol. The number of hydrogen-bond acceptors (Lipinski definition) is 13. The third-order valence-electron chi connectivity index (χ3n) is 8.89. The first kappa shape index (κ1) is 36.0. The maximum atomic E-state index is 10.4. The van der Waals surface area contributed by atoms with Crippen LogP contribution in [0, 0.1) is 5.92 Å². The Labute approximate surface area is 271 Å². The quantitative estimate of drug-likeness (QED) is 0.313. The van der Waals surface area contributed by atoms with Gasteiger partial charge in [-0.05, 0) is 47.1 Å². The normalized spacial score (nSPS) is 37.8. The van der Waals surface area contributed by atoms with Crippen LogP contribution in [0.5, 0.6) is 0 Å². The van der Waals surface area contributed by atoms with Crippen LogP contribution in [0.3, 0.4) is 0 Å². The van der Waals surface area contributed by atoms with Gasteiger partial charge in [-0.3, -0.25) is 0 Å². The molecule has 46 heavy (non-hydrogen) atoms. The molecule has 0 aliphatic carbocycles. The molecule has 0 saturated carbocycles. The number of ether oxygens (including phenoxy) is 12. The SMILES string of the molecule is COC(OC)[C@@H]1OC(C)(C)O[C@H]1[C@H](O[C@@H]1O[C@](OC)([C@H](C)CO)[C@@H]2OC(C)(C)O[C@@H]2[C@H]1OCc1ccccc1)[C@H]1COC(C)(C)O1. The molecule has 0 bridgehead atoms. The standard InChI is InChI=1S/C33H52O13/c1-19(16-34)33(37-10)27-24(43-32(6,7)45-27)25(38-17-20-14-12-11-13-15-20)29(46-33)40-22(21-18-39-30(2,3)41-21)23-26(28(35-8)36-9)44-31(4,5)42-23/h11-15,19,21-29,34H,16-18H2,1-10H3/t19-,21-,22-,23+,24-,25-,26-,27-,29-,33-/m1/s1. The van der Waals surface area contributed by atoms with Gasteiger partial charge >= 0.3 is 0 Å². The average Bonchev–Trinajstić information content (AvgIpc) is 3.65. The van der Waals surface area contributed by atoms with Crippen molar-refractivity contribution < 1.29 is 61.9 Å². The number of benzene rings is 1. The van der Waals surface area contributed by atoms with Gasteiger partial charge in [0.05, 0.1) is 19.8 Å². The van der Waals surface area contributed by atoms with E-state index in [1.54, 1.807) is 0 Å². The fraction of sp³-hybridized carbons (Fsp3) is 0.818. The van der Waals surface area contributed by atoms with Gasteiger partial charge in [-0.25, -0.2) is 0 Å². The van der Waals surface area contributed by atoms with Crippen molar-refractivity contribution in [1.29, 1.82) is 0 Å². The summed E-state index contributed by atoms with van der Waals surface area (Å²) in [7, 11) is 4.59. The zero-order valence-corrected chi connectivity index (χ0v) is 28.6. The van der Waals surface area contributed by atoms with Crippen LogP contribution in [0.2, 0.25) is 0 Å². The minimum Gasteiger partial charge on any atom is -0.396 e. The van der Waals surface area contributed by atoms with Crippen LogP contribution in [0.4, 0.5) is 0 Å². The lowest BCUT2D eigenvalue weighted by molar-refractivity contribution is -0.414. The Morgan fingerprint density at radius 1 is 0.826 bits per heavy atom. The highest BCUT2D eigenvalue weighted by Crippen LogP contribution is 2.48. The van der Waals surface area contributed by atoms with E-state index in [0.29, 0.717) is 0 Å². The zero-order chi connectivity index (χ0) is 33.5. The number of hydrogen-bond donors (Lipinski definition) is 1. The Kier molecular flexibility index (Phi) is 10.9. The van der Waals surface area contributed by atoms with Crippen LogP contribution >= 0.6 is 0 Å². The second-order valence-corrected chi connectivity index (χ2v) is 13.6. The molecule has 13 heteroatoms. The maximum absolute atomic E-state index is 10.4. The molecular formula is C33H52O13. The summed E-state index contributed by atoms with van der Waals surface area (Å²) in [5, 5.41) is 10.4. The highest BCUT2D eigenvalue weighted by atomic mass is 16.8. The van der Waals surface area contributed by atoms with Crippen molar-refractivity contribution >= 4 is 0 Å². The Hall–Kier alpha value is -1.30. The molecule has 4 aliphatic rings. The van der Waals surface area contributed by atoms with Gasteiger partial charge in [-0.1, -0.05) is 37.3 Å². The summed E-state index contributed by atoms with van der Waals surface area (Å²) in [4.78, 5) is 0. The minimum atomic E-state index is -1.46. The Bertz CT molecular complexity index is 1130. The van der Waals surface area contributed by atoms with E-state index in [0.717, 1.165) is 5.56 Å². The first-order valence-corrected chi connectivity index (χ1v) is 15.9. The zero-order valence-electron chi connectivity index (χ0n) is 28.6. The molecule has 1 aromatic carbocycles. The van der Waals surface area contributed by atoms with Gasteiger partial charge in [0.25, 0.3) is 0 Å². The number of aliphatic hydroxyl groups is 1. The molecule has 0 radical (unpaired) electrons. The number of fused-ring (bicyclic) bond motifs is 1. The molecule has 4 heterocycles. The largest absolute Gasteiger partial charge is 0.396 e. The van der Waals surface area contributed by atoms with Crippen LogP contribution in [-0.2, 0) is 63.4 Å². The minimum absolute atomic E-state index is 0.207. The van der Waals surface area contributed by atoms with E-state index < -0.39 is 84.4 Å². The van der Waals surface area contributed by atoms with Crippen LogP contribution < -0.4 is 0 Å². The molecule has 0 spiro atoms. The summed E-state index contributed by atoms with van der Waals surface area (Å²) >= 11 is 0. The lowest BCUT2D eigenvalue weighted by atomic mass is 9.87. The highest BCUT2D eigenvalue weighted by Gasteiger charge is 2.66. The molecule has 262 valence electrons. The Morgan fingerprint density at radius 2 is 1.48 bits per heavy atom. The lowest BCUT2D eigenvalue weighted by Gasteiger charge is -2.51. The molecule has 0 amide bonds. The van der Waals surface area contributed by atoms with Crippen LogP contribution in [-0.4, -0.2) is 118 Å². The fourth-order valence-corrected chi connectivity index (χ4v) is 6.80. The molecule has 4 aliphatic heterocycles. The Morgan fingerprint density at radius 3 is 2.07 bits per heavy atom. The van der Waals surface area contributed by atoms with Gasteiger partial charge in [-0.2, -0.15) is 0 Å². The first-order chi connectivity index (χ1) is 21.7. The predicted molar refractivity (Wildman–Crippen MR) is 161 cm³/mol. The molecule has 0 unspecified atom stereocenters. The summed E-state index contributed by atoms with van der Waals surface area (Å²) in [6, 6.07) is 9.78. The van der Waals surface area contributed by atoms with E-state index in [9.17, 15) is 5.11 Å². The van der Waals surface area contributed by atoms with Crippen molar-refractivity contribution in [3.05, 3.63) is 35.9 Å². The van der Waals surface area contributed by atoms with E-state index in [2.05, 4.69) is 0 Å². The third kappa shape index (κ3) is 7.32. The molecule has 13 nitrogen and oxygen atoms in total. The molecular weight excluding hydrogens is 604 g/mol. The first-order valence-electron chi connectivity index (χ1n) is 15.9. The van der Waals surface area contributed by atoms with Gasteiger partial charge in [0.2, 0.25) is 5.79 Å². The third-order valence-corrected chi connectivity index (χ3v) is 8.89. The van der Waals surface area contributed by atoms with Crippen LogP contribution in [0.15, 0.2) is 30.3 Å². The van der Waals surface area contributed by atoms with Gasteiger partial charge in [0, 0.05) is 27.2 Å². The summed E-state index contributed by atoms with van der Waals surface area (Å²) in [5.41, 5.74) is 0.950. The fourth-order valence-electron chi connectivity index (χ4n) is 6.80. The lowest BCUT2D eigenvalue weighted by Crippen LogP contribution is -2.69. The molecule has 5 rings (SSSR count). The van der Waals surface area contributed by atoms with E-state index in [1.165, 1.54) is 21.3 Å². The smallest absolute Gasteiger partial charge is 0.205 e. The van der Waals surface area contributed by atoms with Crippen molar-refractivity contribution in [2.45, 2.75) is 134 Å². The van der Waals surface area contributed by atoms with Crippen LogP contribution in [0.1, 0.15) is 54.0 Å². The summed E-state index contributed by atoms with van der Waals surface area (Å²) < 4.78 is 75.8. The topological polar surface area (TPSA) is 131 Å². The van der Waals surface area contributed by atoms with E-state index >= 15 is 0 Å². The Balaban J connectivity index is 1.56. The van der Waals surface area contributed by atoms with Crippen molar-refractivity contribution in [3.63, 3.8) is 0 Å². The summed E-state index contributed by atoms with van der Waals surface area (Å²) in [6.07, 6.45) is -7.12. The molecule has 1 aromatic rings. The molecule has 0 aromatic heterocycles. The van der Waals surface area contributed by atoms with Crippen molar-refractivity contribution in [1.82, 2.24) is 0 Å². The molecule has 1 N–H and O–H groups in total. The molecule has 4 fully saturated rings. The van der Waals surface area contributed by atoms with E-state index in [4.69, 9.17) is 56.8 Å². The summed E-state index contributed by atoms with van der Waals surface area (Å²) in [6.45, 7) is 13.0. The van der Waals surface area contributed by atoms with Crippen LogP contribution in [0.25, 0.3) is 0 Å². The molecule has 10 atom stereocenters. The van der Waals surface area contributed by atoms with Crippen molar-refractivity contribution in [2.24, 2.45) is 5.92 Å². The highest BCUT2D eigenvalue weighted by molar-refractivity contribution is 5.14. The van der Waals surface area contributed by atoms with Gasteiger partial charge in [0.15, 0.2) is 29.9 Å². The summed E-state index contributed by atoms with van der Waals surface area (Å²) in [5.74, 6) is -4.90. The number of aliphatic hydroxyl groups excluding tert-OH is 1. The average molecular weight is 657 g/mol. The van der Waals surface area contributed by atoms with Gasteiger partial charge in [-0.15, -0.1) is 0 Å². The van der Waals surface area contributed by atoms with E-state index in [-0.39, 0.29) is 19.8 Å². The second kappa shape index (κ2) is 13.9. The van der Waals surface area contributed by atoms with Crippen molar-refractivity contribution in [3.8, 4) is 0 Å². The number of methoxy groups -OCH3 is 3.